The van der Waals surface area contributed by atoms with Crippen LogP contribution in [0.3, 0.4) is 0 Å². The molecule has 2 rings (SSSR count). The van der Waals surface area contributed by atoms with Gasteiger partial charge < -0.3 is 4.57 Å². The molecular weight excluding hydrogens is 294 g/mol. The Morgan fingerprint density at radius 2 is 2.09 bits per heavy atom. The van der Waals surface area contributed by atoms with Gasteiger partial charge in [-0.05, 0) is 39.3 Å². The topological polar surface area (TPSA) is 47.8 Å². The second-order valence-electron chi connectivity index (χ2n) is 5.37. The number of aryl methyl sites for hydroxylation is 3. The van der Waals surface area contributed by atoms with Gasteiger partial charge in [0, 0.05) is 12.1 Å². The minimum atomic E-state index is -0.215. The number of ketones is 1. The highest BCUT2D eigenvalue weighted by molar-refractivity contribution is 8.00. The summed E-state index contributed by atoms with van der Waals surface area (Å²) in [6, 6.07) is 5.97. The summed E-state index contributed by atoms with van der Waals surface area (Å²) in [5.41, 5.74) is 2.88. The SMILES string of the molecule is C=CCn1c(C)nnc1SC(C)C(=O)c1cc(C)ccc1C. The summed E-state index contributed by atoms with van der Waals surface area (Å²) < 4.78 is 1.96. The van der Waals surface area contributed by atoms with Crippen LogP contribution >= 0.6 is 11.8 Å². The molecule has 5 heteroatoms. The van der Waals surface area contributed by atoms with Crippen LogP contribution in [-0.4, -0.2) is 25.8 Å². The maximum absolute atomic E-state index is 12.7. The number of benzene rings is 1. The molecule has 0 aliphatic heterocycles. The van der Waals surface area contributed by atoms with Crippen LogP contribution in [0.25, 0.3) is 0 Å². The van der Waals surface area contributed by atoms with Crippen molar-refractivity contribution >= 4 is 17.5 Å². The van der Waals surface area contributed by atoms with E-state index in [1.165, 1.54) is 11.8 Å². The average Bonchev–Trinajstić information content (AvgIpc) is 2.82. The van der Waals surface area contributed by atoms with E-state index in [9.17, 15) is 4.79 Å². The van der Waals surface area contributed by atoms with Crippen LogP contribution in [0, 0.1) is 20.8 Å². The fourth-order valence-corrected chi connectivity index (χ4v) is 3.19. The van der Waals surface area contributed by atoms with Gasteiger partial charge in [-0.25, -0.2) is 0 Å². The molecule has 0 N–H and O–H groups in total. The van der Waals surface area contributed by atoms with E-state index < -0.39 is 0 Å². The maximum atomic E-state index is 12.7. The molecule has 1 atom stereocenters. The van der Waals surface area contributed by atoms with E-state index in [4.69, 9.17) is 0 Å². The number of hydrogen-bond donors (Lipinski definition) is 0. The first kappa shape index (κ1) is 16.5. The predicted molar refractivity (Wildman–Crippen MR) is 90.5 cm³/mol. The van der Waals surface area contributed by atoms with E-state index in [1.807, 2.05) is 50.5 Å². The second-order valence-corrected chi connectivity index (χ2v) is 6.68. The van der Waals surface area contributed by atoms with Crippen molar-refractivity contribution in [1.82, 2.24) is 14.8 Å². The summed E-state index contributed by atoms with van der Waals surface area (Å²) in [7, 11) is 0. The molecule has 1 unspecified atom stereocenters. The lowest BCUT2D eigenvalue weighted by Crippen LogP contribution is -2.16. The van der Waals surface area contributed by atoms with E-state index in [2.05, 4.69) is 16.8 Å². The van der Waals surface area contributed by atoms with Gasteiger partial charge in [0.1, 0.15) is 5.82 Å². The summed E-state index contributed by atoms with van der Waals surface area (Å²) >= 11 is 1.44. The van der Waals surface area contributed by atoms with E-state index in [0.29, 0.717) is 6.54 Å². The molecule has 4 nitrogen and oxygen atoms in total. The fourth-order valence-electron chi connectivity index (χ4n) is 2.22. The van der Waals surface area contributed by atoms with Gasteiger partial charge in [-0.2, -0.15) is 0 Å². The molecule has 0 aliphatic rings. The minimum Gasteiger partial charge on any atom is -0.302 e. The van der Waals surface area contributed by atoms with E-state index in [1.54, 1.807) is 6.08 Å². The van der Waals surface area contributed by atoms with Crippen molar-refractivity contribution in [2.24, 2.45) is 0 Å². The number of nitrogens with zero attached hydrogens (tertiary/aromatic N) is 3. The van der Waals surface area contributed by atoms with E-state index in [0.717, 1.165) is 27.7 Å². The molecule has 0 fully saturated rings. The monoisotopic (exact) mass is 315 g/mol. The summed E-state index contributed by atoms with van der Waals surface area (Å²) in [5, 5.41) is 8.79. The van der Waals surface area contributed by atoms with Gasteiger partial charge in [-0.3, -0.25) is 4.79 Å². The van der Waals surface area contributed by atoms with Crippen molar-refractivity contribution in [2.45, 2.75) is 44.6 Å². The van der Waals surface area contributed by atoms with Crippen molar-refractivity contribution in [3.05, 3.63) is 53.4 Å². The zero-order valence-corrected chi connectivity index (χ0v) is 14.3. The Labute approximate surface area is 135 Å². The van der Waals surface area contributed by atoms with Gasteiger partial charge in [0.2, 0.25) is 0 Å². The molecule has 0 spiro atoms. The third kappa shape index (κ3) is 3.47. The normalized spacial score (nSPS) is 12.2. The van der Waals surface area contributed by atoms with Crippen LogP contribution in [0.15, 0.2) is 36.0 Å². The Bertz CT molecular complexity index is 706. The molecule has 1 aromatic carbocycles. The maximum Gasteiger partial charge on any atom is 0.192 e. The van der Waals surface area contributed by atoms with Gasteiger partial charge in [0.05, 0.1) is 5.25 Å². The van der Waals surface area contributed by atoms with Gasteiger partial charge >= 0.3 is 0 Å². The quantitative estimate of drug-likeness (QED) is 0.463. The number of carbonyl (C=O) groups is 1. The number of Topliss-reactive ketones (excluding diaryl/α,β-unsaturated/α-hetero) is 1. The first-order chi connectivity index (χ1) is 10.4. The zero-order valence-electron chi connectivity index (χ0n) is 13.5. The number of hydrogen-bond acceptors (Lipinski definition) is 4. The van der Waals surface area contributed by atoms with E-state index >= 15 is 0 Å². The number of carbonyl (C=O) groups excluding carboxylic acids is 1. The van der Waals surface area contributed by atoms with Crippen LogP contribution in [0.2, 0.25) is 0 Å². The number of rotatable bonds is 6. The number of allylic oxidation sites excluding steroid dienone is 1. The molecule has 0 radical (unpaired) electrons. The summed E-state index contributed by atoms with van der Waals surface area (Å²) in [6.07, 6.45) is 1.80. The summed E-state index contributed by atoms with van der Waals surface area (Å²) in [4.78, 5) is 12.7. The standard InChI is InChI=1S/C17H21N3OS/c1-6-9-20-14(5)18-19-17(20)22-13(4)16(21)15-10-11(2)7-8-12(15)3/h6-8,10,13H,1,9H2,2-5H3. The lowest BCUT2D eigenvalue weighted by Gasteiger charge is -2.13. The fraction of sp³-hybridized carbons (Fsp3) is 0.353. The molecular formula is C17H21N3OS. The van der Waals surface area contributed by atoms with Gasteiger partial charge in [-0.1, -0.05) is 35.5 Å². The molecule has 116 valence electrons. The molecule has 0 aliphatic carbocycles. The smallest absolute Gasteiger partial charge is 0.192 e. The highest BCUT2D eigenvalue weighted by Crippen LogP contribution is 2.26. The largest absolute Gasteiger partial charge is 0.302 e. The lowest BCUT2D eigenvalue weighted by atomic mass is 10.0. The van der Waals surface area contributed by atoms with Crippen LogP contribution in [0.4, 0.5) is 0 Å². The summed E-state index contributed by atoms with van der Waals surface area (Å²) in [6.45, 7) is 12.2. The van der Waals surface area contributed by atoms with Crippen LogP contribution < -0.4 is 0 Å². The van der Waals surface area contributed by atoms with Crippen LogP contribution in [-0.2, 0) is 6.54 Å². The summed E-state index contributed by atoms with van der Waals surface area (Å²) in [5.74, 6) is 0.950. The average molecular weight is 315 g/mol. The molecule has 0 amide bonds. The number of aromatic nitrogens is 3. The Kier molecular flexibility index (Phi) is 5.19. The minimum absolute atomic E-state index is 0.122. The highest BCUT2D eigenvalue weighted by Gasteiger charge is 2.21. The van der Waals surface area contributed by atoms with Crippen molar-refractivity contribution in [1.29, 1.82) is 0 Å². The van der Waals surface area contributed by atoms with Gasteiger partial charge in [0.25, 0.3) is 0 Å². The van der Waals surface area contributed by atoms with Gasteiger partial charge in [-0.15, -0.1) is 16.8 Å². The molecule has 0 saturated heterocycles. The predicted octanol–water partition coefficient (Wildman–Crippen LogP) is 3.75. The van der Waals surface area contributed by atoms with Gasteiger partial charge in [0.15, 0.2) is 10.9 Å². The molecule has 1 heterocycles. The Morgan fingerprint density at radius 1 is 1.36 bits per heavy atom. The lowest BCUT2D eigenvalue weighted by molar-refractivity contribution is 0.0993. The Hall–Kier alpha value is -1.88. The van der Waals surface area contributed by atoms with E-state index in [-0.39, 0.29) is 11.0 Å². The zero-order chi connectivity index (χ0) is 16.3. The Balaban J connectivity index is 2.22. The molecule has 22 heavy (non-hydrogen) atoms. The molecule has 1 aromatic heterocycles. The first-order valence-corrected chi connectivity index (χ1v) is 8.10. The van der Waals surface area contributed by atoms with Crippen molar-refractivity contribution in [3.8, 4) is 0 Å². The third-order valence-corrected chi connectivity index (χ3v) is 4.60. The molecule has 2 aromatic rings. The third-order valence-electron chi connectivity index (χ3n) is 3.52. The van der Waals surface area contributed by atoms with Crippen molar-refractivity contribution in [2.75, 3.05) is 0 Å². The molecule has 0 saturated carbocycles. The van der Waals surface area contributed by atoms with Crippen LogP contribution in [0.5, 0.6) is 0 Å². The van der Waals surface area contributed by atoms with Crippen molar-refractivity contribution in [3.63, 3.8) is 0 Å². The first-order valence-electron chi connectivity index (χ1n) is 7.23. The number of thioether (sulfide) groups is 1. The molecule has 0 bridgehead atoms. The Morgan fingerprint density at radius 3 is 2.77 bits per heavy atom. The van der Waals surface area contributed by atoms with Crippen LogP contribution in [0.1, 0.15) is 34.2 Å². The second kappa shape index (κ2) is 6.92. The van der Waals surface area contributed by atoms with Crippen molar-refractivity contribution < 1.29 is 4.79 Å². The highest BCUT2D eigenvalue weighted by atomic mass is 32.2.